The minimum atomic E-state index is -0.0644. The first-order chi connectivity index (χ1) is 11.4. The third kappa shape index (κ3) is 3.70. The highest BCUT2D eigenvalue weighted by Gasteiger charge is 2.53. The van der Waals surface area contributed by atoms with Gasteiger partial charge in [0.1, 0.15) is 0 Å². The quantitative estimate of drug-likeness (QED) is 0.853. The lowest BCUT2D eigenvalue weighted by atomic mass is 9.90. The molecule has 24 heavy (non-hydrogen) atoms. The summed E-state index contributed by atoms with van der Waals surface area (Å²) in [6.45, 7) is 4.59. The first-order valence-corrected chi connectivity index (χ1v) is 9.27. The van der Waals surface area contributed by atoms with Crippen molar-refractivity contribution in [3.63, 3.8) is 0 Å². The van der Waals surface area contributed by atoms with Gasteiger partial charge in [-0.25, -0.2) is 0 Å². The molecule has 0 bridgehead atoms. The van der Waals surface area contributed by atoms with Gasteiger partial charge in [-0.3, -0.25) is 4.79 Å². The fourth-order valence-electron chi connectivity index (χ4n) is 4.09. The number of hydrogen-bond acceptors (Lipinski definition) is 3. The molecule has 4 nitrogen and oxygen atoms in total. The molecule has 1 amide bonds. The van der Waals surface area contributed by atoms with Gasteiger partial charge in [-0.2, -0.15) is 0 Å². The molecule has 132 valence electrons. The van der Waals surface area contributed by atoms with Crippen molar-refractivity contribution in [2.45, 2.75) is 38.6 Å². The number of piperidine rings is 1. The molecule has 2 aliphatic rings. The van der Waals surface area contributed by atoms with Crippen molar-refractivity contribution < 1.29 is 4.79 Å². The van der Waals surface area contributed by atoms with Crippen LogP contribution in [0.15, 0.2) is 18.2 Å². The van der Waals surface area contributed by atoms with Crippen molar-refractivity contribution in [3.05, 3.63) is 28.8 Å². The van der Waals surface area contributed by atoms with Crippen LogP contribution in [-0.2, 0) is 0 Å². The SMILES string of the molecule is CC(C[C@@H]1CC12CCNCC2)Nc1ccc(C(=O)N(C)C)c(Cl)c1. The lowest BCUT2D eigenvalue weighted by Crippen LogP contribution is -2.30. The summed E-state index contributed by atoms with van der Waals surface area (Å²) in [6, 6.07) is 6.04. The van der Waals surface area contributed by atoms with Gasteiger partial charge in [0, 0.05) is 25.8 Å². The first kappa shape index (κ1) is 17.6. The molecule has 1 aliphatic heterocycles. The van der Waals surface area contributed by atoms with Gasteiger partial charge in [-0.05, 0) is 75.2 Å². The van der Waals surface area contributed by atoms with E-state index in [9.17, 15) is 4.79 Å². The summed E-state index contributed by atoms with van der Waals surface area (Å²) in [5, 5.41) is 7.51. The van der Waals surface area contributed by atoms with Crippen LogP contribution in [0.3, 0.4) is 0 Å². The molecule has 5 heteroatoms. The smallest absolute Gasteiger partial charge is 0.254 e. The molecule has 2 atom stereocenters. The number of nitrogens with one attached hydrogen (secondary N) is 2. The van der Waals surface area contributed by atoms with Gasteiger partial charge in [0.05, 0.1) is 10.6 Å². The van der Waals surface area contributed by atoms with Crippen LogP contribution in [0.1, 0.15) is 43.0 Å². The second kappa shape index (κ2) is 6.93. The largest absolute Gasteiger partial charge is 0.383 e. The Morgan fingerprint density at radius 2 is 2.12 bits per heavy atom. The Bertz CT molecular complexity index is 611. The molecule has 1 saturated carbocycles. The van der Waals surface area contributed by atoms with Crippen LogP contribution in [-0.4, -0.2) is 44.0 Å². The summed E-state index contributed by atoms with van der Waals surface area (Å²) in [5.74, 6) is 0.789. The van der Waals surface area contributed by atoms with Gasteiger partial charge in [-0.1, -0.05) is 11.6 Å². The van der Waals surface area contributed by atoms with E-state index in [1.807, 2.05) is 18.2 Å². The zero-order valence-electron chi connectivity index (χ0n) is 14.9. The summed E-state index contributed by atoms with van der Waals surface area (Å²) in [7, 11) is 3.47. The Morgan fingerprint density at radius 3 is 2.75 bits per heavy atom. The number of benzene rings is 1. The van der Waals surface area contributed by atoms with Gasteiger partial charge >= 0.3 is 0 Å². The number of carbonyl (C=O) groups excluding carboxylic acids is 1. The lowest BCUT2D eigenvalue weighted by molar-refractivity contribution is 0.0828. The molecule has 0 radical (unpaired) electrons. The number of anilines is 1. The Morgan fingerprint density at radius 1 is 1.42 bits per heavy atom. The summed E-state index contributed by atoms with van der Waals surface area (Å²) < 4.78 is 0. The monoisotopic (exact) mass is 349 g/mol. The summed E-state index contributed by atoms with van der Waals surface area (Å²) >= 11 is 6.29. The van der Waals surface area contributed by atoms with Crippen LogP contribution in [0.2, 0.25) is 5.02 Å². The van der Waals surface area contributed by atoms with Crippen molar-refractivity contribution in [2.24, 2.45) is 11.3 Å². The average Bonchev–Trinajstić information content (AvgIpc) is 3.18. The maximum absolute atomic E-state index is 12.0. The molecular weight excluding hydrogens is 322 g/mol. The third-order valence-corrected chi connectivity index (χ3v) is 5.93. The van der Waals surface area contributed by atoms with E-state index in [2.05, 4.69) is 17.6 Å². The fraction of sp³-hybridized carbons (Fsp3) is 0.632. The van der Waals surface area contributed by atoms with Crippen LogP contribution < -0.4 is 10.6 Å². The number of amides is 1. The predicted octanol–water partition coefficient (Wildman–Crippen LogP) is 3.62. The van der Waals surface area contributed by atoms with E-state index in [1.165, 1.54) is 38.8 Å². The zero-order valence-corrected chi connectivity index (χ0v) is 15.6. The maximum Gasteiger partial charge on any atom is 0.254 e. The van der Waals surface area contributed by atoms with Gasteiger partial charge in [0.2, 0.25) is 0 Å². The Hall–Kier alpha value is -1.26. The Labute approximate surface area is 149 Å². The molecule has 2 N–H and O–H groups in total. The van der Waals surface area contributed by atoms with Gasteiger partial charge in [0.15, 0.2) is 0 Å². The Balaban J connectivity index is 1.56. The lowest BCUT2D eigenvalue weighted by Gasteiger charge is -2.25. The molecule has 2 fully saturated rings. The van der Waals surface area contributed by atoms with Gasteiger partial charge < -0.3 is 15.5 Å². The molecule has 1 aliphatic carbocycles. The summed E-state index contributed by atoms with van der Waals surface area (Å²) in [4.78, 5) is 13.6. The molecule has 0 aromatic heterocycles. The number of halogens is 1. The molecule has 1 unspecified atom stereocenters. The second-order valence-electron chi connectivity index (χ2n) is 7.69. The number of hydrogen-bond donors (Lipinski definition) is 2. The highest BCUT2D eigenvalue weighted by atomic mass is 35.5. The van der Waals surface area contributed by atoms with E-state index in [1.54, 1.807) is 19.0 Å². The molecule has 1 aromatic rings. The predicted molar refractivity (Wildman–Crippen MR) is 99.8 cm³/mol. The van der Waals surface area contributed by atoms with Crippen molar-refractivity contribution in [2.75, 3.05) is 32.5 Å². The maximum atomic E-state index is 12.0. The van der Waals surface area contributed by atoms with Crippen LogP contribution in [0.25, 0.3) is 0 Å². The van der Waals surface area contributed by atoms with Gasteiger partial charge in [0.25, 0.3) is 5.91 Å². The summed E-state index contributed by atoms with van der Waals surface area (Å²) in [6.07, 6.45) is 5.25. The third-order valence-electron chi connectivity index (χ3n) is 5.61. The Kier molecular flexibility index (Phi) is 5.07. The van der Waals surface area contributed by atoms with Crippen LogP contribution in [0.5, 0.6) is 0 Å². The van der Waals surface area contributed by atoms with Crippen molar-refractivity contribution in [1.29, 1.82) is 0 Å². The number of carbonyl (C=O) groups is 1. The minimum absolute atomic E-state index is 0.0644. The number of rotatable bonds is 5. The number of nitrogens with zero attached hydrogens (tertiary/aromatic N) is 1. The standard InChI is InChI=1S/C19H28ClN3O/c1-13(10-14-12-19(14)6-8-21-9-7-19)22-15-4-5-16(17(20)11-15)18(24)23(2)3/h4-5,11,13-14,21-22H,6-10,12H2,1-3H3/t13?,14-/m1/s1. The van der Waals surface area contributed by atoms with E-state index >= 15 is 0 Å². The van der Waals surface area contributed by atoms with Crippen molar-refractivity contribution in [1.82, 2.24) is 10.2 Å². The average molecular weight is 350 g/mol. The summed E-state index contributed by atoms with van der Waals surface area (Å²) in [5.41, 5.74) is 2.17. The molecule has 1 saturated heterocycles. The van der Waals surface area contributed by atoms with Crippen LogP contribution in [0, 0.1) is 11.3 Å². The highest BCUT2D eigenvalue weighted by Crippen LogP contribution is 2.60. The molecular formula is C19H28ClN3O. The van der Waals surface area contributed by atoms with Gasteiger partial charge in [-0.15, -0.1) is 0 Å². The molecule has 1 spiro atoms. The topological polar surface area (TPSA) is 44.4 Å². The van der Waals surface area contributed by atoms with E-state index in [4.69, 9.17) is 11.6 Å². The fourth-order valence-corrected chi connectivity index (χ4v) is 4.35. The zero-order chi connectivity index (χ0) is 17.3. The van der Waals surface area contributed by atoms with E-state index in [-0.39, 0.29) is 5.91 Å². The van der Waals surface area contributed by atoms with Crippen molar-refractivity contribution in [3.8, 4) is 0 Å². The minimum Gasteiger partial charge on any atom is -0.383 e. The molecule has 1 aromatic carbocycles. The van der Waals surface area contributed by atoms with Crippen LogP contribution in [0.4, 0.5) is 5.69 Å². The normalized spacial score (nSPS) is 22.9. The molecule has 3 rings (SSSR count). The van der Waals surface area contributed by atoms with E-state index in [0.29, 0.717) is 22.0 Å². The molecule has 1 heterocycles. The van der Waals surface area contributed by atoms with E-state index < -0.39 is 0 Å². The first-order valence-electron chi connectivity index (χ1n) is 8.90. The van der Waals surface area contributed by atoms with Crippen molar-refractivity contribution >= 4 is 23.2 Å². The van der Waals surface area contributed by atoms with E-state index in [0.717, 1.165) is 11.6 Å². The second-order valence-corrected chi connectivity index (χ2v) is 8.10. The van der Waals surface area contributed by atoms with Crippen LogP contribution >= 0.6 is 11.6 Å². The highest BCUT2D eigenvalue weighted by molar-refractivity contribution is 6.34.